The first kappa shape index (κ1) is 18.1. The summed E-state index contributed by atoms with van der Waals surface area (Å²) in [5.41, 5.74) is 0.860. The fourth-order valence-electron chi connectivity index (χ4n) is 2.82. The van der Waals surface area contributed by atoms with Gasteiger partial charge in [0.25, 0.3) is 0 Å². The number of halogens is 1. The van der Waals surface area contributed by atoms with Gasteiger partial charge in [-0.15, -0.1) is 0 Å². The number of carbonyl (C=O) groups is 1. The molecule has 23 heavy (non-hydrogen) atoms. The molecule has 1 fully saturated rings. The van der Waals surface area contributed by atoms with Gasteiger partial charge < -0.3 is 15.0 Å². The van der Waals surface area contributed by atoms with Crippen molar-refractivity contribution < 1.29 is 9.53 Å². The lowest BCUT2D eigenvalue weighted by atomic mass is 9.93. The van der Waals surface area contributed by atoms with Crippen LogP contribution in [0.4, 0.5) is 10.5 Å². The minimum atomic E-state index is -0.430. The zero-order valence-electron chi connectivity index (χ0n) is 14.3. The van der Waals surface area contributed by atoms with Gasteiger partial charge in [-0.05, 0) is 70.2 Å². The summed E-state index contributed by atoms with van der Waals surface area (Å²) < 4.78 is 6.36. The number of piperidine rings is 1. The zero-order chi connectivity index (χ0) is 16.9. The van der Waals surface area contributed by atoms with Crippen molar-refractivity contribution in [2.75, 3.05) is 24.5 Å². The summed E-state index contributed by atoms with van der Waals surface area (Å²) in [6, 6.07) is 8.50. The Kier molecular flexibility index (Phi) is 6.33. The van der Waals surface area contributed by atoms with Crippen LogP contribution in [0.3, 0.4) is 0 Å². The molecule has 1 N–H and O–H groups in total. The molecule has 5 heteroatoms. The number of amides is 1. The van der Waals surface area contributed by atoms with Crippen LogP contribution >= 0.6 is 15.9 Å². The van der Waals surface area contributed by atoms with Crippen molar-refractivity contribution in [2.45, 2.75) is 45.6 Å². The first-order valence-corrected chi connectivity index (χ1v) is 9.10. The van der Waals surface area contributed by atoms with Crippen molar-refractivity contribution in [3.8, 4) is 0 Å². The number of hydrogen-bond donors (Lipinski definition) is 1. The first-order valence-electron chi connectivity index (χ1n) is 8.31. The van der Waals surface area contributed by atoms with Crippen LogP contribution in [0.2, 0.25) is 0 Å². The number of alkyl carbamates (subject to hydrolysis) is 1. The van der Waals surface area contributed by atoms with Crippen molar-refractivity contribution in [1.82, 2.24) is 5.32 Å². The molecule has 1 aliphatic heterocycles. The van der Waals surface area contributed by atoms with E-state index in [1.807, 2.05) is 20.8 Å². The van der Waals surface area contributed by atoms with Crippen LogP contribution < -0.4 is 10.2 Å². The van der Waals surface area contributed by atoms with E-state index in [0.29, 0.717) is 12.5 Å². The van der Waals surface area contributed by atoms with E-state index in [4.69, 9.17) is 4.74 Å². The minimum Gasteiger partial charge on any atom is -0.444 e. The summed E-state index contributed by atoms with van der Waals surface area (Å²) in [4.78, 5) is 14.1. The Balaban J connectivity index is 1.67. The topological polar surface area (TPSA) is 41.6 Å². The second-order valence-electron chi connectivity index (χ2n) is 7.12. The molecule has 0 atom stereocenters. The van der Waals surface area contributed by atoms with E-state index >= 15 is 0 Å². The van der Waals surface area contributed by atoms with E-state index in [9.17, 15) is 4.79 Å². The SMILES string of the molecule is CC(C)(C)OC(=O)NCCC1CCN(c2ccc(Br)cc2)CC1. The molecule has 0 radical (unpaired) electrons. The molecule has 1 saturated heterocycles. The molecule has 4 nitrogen and oxygen atoms in total. The van der Waals surface area contributed by atoms with Gasteiger partial charge in [0, 0.05) is 29.8 Å². The van der Waals surface area contributed by atoms with Gasteiger partial charge >= 0.3 is 6.09 Å². The Morgan fingerprint density at radius 3 is 2.43 bits per heavy atom. The standard InChI is InChI=1S/C18H27BrN2O2/c1-18(2,3)23-17(22)20-11-8-14-9-12-21(13-10-14)16-6-4-15(19)5-7-16/h4-7,14H,8-13H2,1-3H3,(H,20,22). The van der Waals surface area contributed by atoms with E-state index in [-0.39, 0.29) is 6.09 Å². The highest BCUT2D eigenvalue weighted by molar-refractivity contribution is 9.10. The van der Waals surface area contributed by atoms with Gasteiger partial charge in [-0.1, -0.05) is 15.9 Å². The van der Waals surface area contributed by atoms with E-state index in [2.05, 4.69) is 50.4 Å². The largest absolute Gasteiger partial charge is 0.444 e. The lowest BCUT2D eigenvalue weighted by molar-refractivity contribution is 0.0524. The fourth-order valence-corrected chi connectivity index (χ4v) is 3.09. The quantitative estimate of drug-likeness (QED) is 0.828. The second-order valence-corrected chi connectivity index (χ2v) is 8.04. The second kappa shape index (κ2) is 8.04. The van der Waals surface area contributed by atoms with Crippen LogP contribution in [0.1, 0.15) is 40.0 Å². The third kappa shape index (κ3) is 6.42. The Morgan fingerprint density at radius 1 is 1.26 bits per heavy atom. The molecular weight excluding hydrogens is 356 g/mol. The molecular formula is C18H27BrN2O2. The highest BCUT2D eigenvalue weighted by Gasteiger charge is 2.20. The average Bonchev–Trinajstić information content (AvgIpc) is 2.47. The molecule has 1 aromatic carbocycles. The van der Waals surface area contributed by atoms with Gasteiger partial charge in [0.1, 0.15) is 5.60 Å². The Bertz CT molecular complexity index is 503. The smallest absolute Gasteiger partial charge is 0.407 e. The number of carbonyl (C=O) groups excluding carboxylic acids is 1. The Hall–Kier alpha value is -1.23. The van der Waals surface area contributed by atoms with Crippen LogP contribution in [0.25, 0.3) is 0 Å². The van der Waals surface area contributed by atoms with Crippen LogP contribution in [0, 0.1) is 5.92 Å². The van der Waals surface area contributed by atoms with Gasteiger partial charge in [0.2, 0.25) is 0 Å². The summed E-state index contributed by atoms with van der Waals surface area (Å²) in [6.07, 6.45) is 3.05. The first-order chi connectivity index (χ1) is 10.8. The molecule has 0 bridgehead atoms. The number of rotatable bonds is 4. The van der Waals surface area contributed by atoms with Crippen molar-refractivity contribution >= 4 is 27.7 Å². The maximum atomic E-state index is 11.6. The number of hydrogen-bond acceptors (Lipinski definition) is 3. The Morgan fingerprint density at radius 2 is 1.87 bits per heavy atom. The van der Waals surface area contributed by atoms with Gasteiger partial charge in [0.15, 0.2) is 0 Å². The number of nitrogens with zero attached hydrogens (tertiary/aromatic N) is 1. The van der Waals surface area contributed by atoms with E-state index in [1.54, 1.807) is 0 Å². The van der Waals surface area contributed by atoms with Gasteiger partial charge in [-0.25, -0.2) is 4.79 Å². The highest BCUT2D eigenvalue weighted by atomic mass is 79.9. The van der Waals surface area contributed by atoms with Crippen molar-refractivity contribution in [3.05, 3.63) is 28.7 Å². The Labute approximate surface area is 147 Å². The maximum absolute atomic E-state index is 11.6. The maximum Gasteiger partial charge on any atom is 0.407 e. The molecule has 0 spiro atoms. The van der Waals surface area contributed by atoms with Crippen molar-refractivity contribution in [3.63, 3.8) is 0 Å². The van der Waals surface area contributed by atoms with Gasteiger partial charge in [0.05, 0.1) is 0 Å². The van der Waals surface area contributed by atoms with Crippen LogP contribution in [-0.2, 0) is 4.74 Å². The lowest BCUT2D eigenvalue weighted by Crippen LogP contribution is -2.36. The van der Waals surface area contributed by atoms with Crippen molar-refractivity contribution in [1.29, 1.82) is 0 Å². The minimum absolute atomic E-state index is 0.315. The molecule has 1 heterocycles. The molecule has 1 amide bonds. The van der Waals surface area contributed by atoms with Crippen molar-refractivity contribution in [2.24, 2.45) is 5.92 Å². The molecule has 128 valence electrons. The number of ether oxygens (including phenoxy) is 1. The fraction of sp³-hybridized carbons (Fsp3) is 0.611. The van der Waals surface area contributed by atoms with E-state index < -0.39 is 5.60 Å². The summed E-state index contributed by atoms with van der Waals surface area (Å²) in [7, 11) is 0. The molecule has 2 rings (SSSR count). The average molecular weight is 383 g/mol. The molecule has 0 saturated carbocycles. The monoisotopic (exact) mass is 382 g/mol. The predicted octanol–water partition coefficient (Wildman–Crippen LogP) is 4.58. The summed E-state index contributed by atoms with van der Waals surface area (Å²) >= 11 is 3.47. The molecule has 0 unspecified atom stereocenters. The number of nitrogens with one attached hydrogen (secondary N) is 1. The van der Waals surface area contributed by atoms with E-state index in [0.717, 1.165) is 24.0 Å². The third-order valence-corrected chi connectivity index (χ3v) is 4.56. The predicted molar refractivity (Wildman–Crippen MR) is 97.9 cm³/mol. The molecule has 0 aromatic heterocycles. The van der Waals surface area contributed by atoms with Gasteiger partial charge in [-0.2, -0.15) is 0 Å². The zero-order valence-corrected chi connectivity index (χ0v) is 15.9. The summed E-state index contributed by atoms with van der Waals surface area (Å²) in [5.74, 6) is 0.677. The van der Waals surface area contributed by atoms with Crippen LogP contribution in [0.15, 0.2) is 28.7 Å². The van der Waals surface area contributed by atoms with E-state index in [1.165, 1.54) is 18.5 Å². The summed E-state index contributed by atoms with van der Waals surface area (Å²) in [6.45, 7) is 8.49. The highest BCUT2D eigenvalue weighted by Crippen LogP contribution is 2.26. The lowest BCUT2D eigenvalue weighted by Gasteiger charge is -2.33. The van der Waals surface area contributed by atoms with Crippen LogP contribution in [-0.4, -0.2) is 31.3 Å². The molecule has 1 aliphatic rings. The summed E-state index contributed by atoms with van der Waals surface area (Å²) in [5, 5.41) is 2.86. The number of anilines is 1. The van der Waals surface area contributed by atoms with Gasteiger partial charge in [-0.3, -0.25) is 0 Å². The third-order valence-electron chi connectivity index (χ3n) is 4.03. The normalized spacial score (nSPS) is 16.3. The molecule has 0 aliphatic carbocycles. The molecule has 1 aromatic rings. The number of benzene rings is 1. The van der Waals surface area contributed by atoms with Crippen LogP contribution in [0.5, 0.6) is 0 Å².